The van der Waals surface area contributed by atoms with Gasteiger partial charge in [0, 0.05) is 10.7 Å². The highest BCUT2D eigenvalue weighted by atomic mass is 35.7. The molecule has 0 bridgehead atoms. The van der Waals surface area contributed by atoms with Gasteiger partial charge in [-0.2, -0.15) is 0 Å². The predicted octanol–water partition coefficient (Wildman–Crippen LogP) is 1.47. The summed E-state index contributed by atoms with van der Waals surface area (Å²) in [6, 6.07) is 3.55. The molecule has 0 saturated heterocycles. The zero-order valence-corrected chi connectivity index (χ0v) is 9.81. The summed E-state index contributed by atoms with van der Waals surface area (Å²) in [7, 11) is 2.00. The van der Waals surface area contributed by atoms with Gasteiger partial charge in [-0.15, -0.1) is 0 Å². The highest BCUT2D eigenvalue weighted by Gasteiger charge is 2.22. The number of ether oxygens (including phenoxy) is 1. The van der Waals surface area contributed by atoms with E-state index in [1.165, 1.54) is 12.1 Å². The Bertz CT molecular complexity index is 512. The number of halogens is 2. The second-order valence-corrected chi connectivity index (χ2v) is 5.42. The first-order valence-corrected chi connectivity index (χ1v) is 6.46. The van der Waals surface area contributed by atoms with Crippen LogP contribution in [0, 0.1) is 5.82 Å². The third kappa shape index (κ3) is 2.93. The van der Waals surface area contributed by atoms with E-state index in [1.54, 1.807) is 0 Å². The molecule has 0 unspecified atom stereocenters. The van der Waals surface area contributed by atoms with Gasteiger partial charge in [-0.25, -0.2) is 12.8 Å². The van der Waals surface area contributed by atoms with Crippen LogP contribution in [0.5, 0.6) is 0 Å². The summed E-state index contributed by atoms with van der Waals surface area (Å²) in [4.78, 5) is 10.3. The predicted molar refractivity (Wildman–Crippen MR) is 55.2 cm³/mol. The van der Waals surface area contributed by atoms with Crippen LogP contribution in [0.25, 0.3) is 0 Å². The van der Waals surface area contributed by atoms with E-state index in [0.717, 1.165) is 13.2 Å². The fourth-order valence-electron chi connectivity index (χ4n) is 1.19. The third-order valence-electron chi connectivity index (χ3n) is 1.85. The van der Waals surface area contributed by atoms with Crippen molar-refractivity contribution >= 4 is 25.7 Å². The minimum absolute atomic E-state index is 0.0261. The van der Waals surface area contributed by atoms with Crippen molar-refractivity contribution in [3.63, 3.8) is 0 Å². The van der Waals surface area contributed by atoms with Crippen LogP contribution in [0.1, 0.15) is 5.56 Å². The maximum atomic E-state index is 13.3. The number of carbonyl (C=O) groups excluding carboxylic acids is 1. The van der Waals surface area contributed by atoms with E-state index in [4.69, 9.17) is 10.7 Å². The van der Waals surface area contributed by atoms with Crippen LogP contribution < -0.4 is 0 Å². The number of hydrogen-bond acceptors (Lipinski definition) is 4. The first-order valence-electron chi connectivity index (χ1n) is 4.15. The number of carbonyl (C=O) groups is 1. The maximum absolute atomic E-state index is 13.3. The topological polar surface area (TPSA) is 60.4 Å². The van der Waals surface area contributed by atoms with E-state index in [9.17, 15) is 17.6 Å². The number of hydrogen-bond donors (Lipinski definition) is 0. The second-order valence-electron chi connectivity index (χ2n) is 2.92. The van der Waals surface area contributed by atoms with Crippen molar-refractivity contribution in [3.8, 4) is 0 Å². The van der Waals surface area contributed by atoms with Gasteiger partial charge in [-0.1, -0.05) is 12.1 Å². The SMILES string of the molecule is COC(=O)Cc1cccc(F)c1S(=O)(=O)Cl. The Morgan fingerprint density at radius 2 is 2.12 bits per heavy atom. The Kier molecular flexibility index (Phi) is 3.88. The number of esters is 1. The molecule has 0 amide bonds. The molecule has 0 spiro atoms. The van der Waals surface area contributed by atoms with Crippen molar-refractivity contribution in [3.05, 3.63) is 29.6 Å². The molecular formula is C9H8ClFO4S. The third-order valence-corrected chi connectivity index (χ3v) is 3.26. The Morgan fingerprint density at radius 1 is 1.50 bits per heavy atom. The van der Waals surface area contributed by atoms with E-state index in [0.29, 0.717) is 0 Å². The maximum Gasteiger partial charge on any atom is 0.310 e. The molecule has 16 heavy (non-hydrogen) atoms. The average molecular weight is 267 g/mol. The summed E-state index contributed by atoms with van der Waals surface area (Å²) < 4.78 is 39.9. The van der Waals surface area contributed by atoms with Crippen molar-refractivity contribution < 1.29 is 22.3 Å². The van der Waals surface area contributed by atoms with Gasteiger partial charge < -0.3 is 4.74 Å². The molecular weight excluding hydrogens is 259 g/mol. The summed E-state index contributed by atoms with van der Waals surface area (Å²) in [6.45, 7) is 0. The van der Waals surface area contributed by atoms with Gasteiger partial charge in [-0.05, 0) is 11.6 Å². The lowest BCUT2D eigenvalue weighted by Gasteiger charge is -2.06. The van der Waals surface area contributed by atoms with Crippen LogP contribution >= 0.6 is 10.7 Å². The first kappa shape index (κ1) is 12.9. The molecule has 0 radical (unpaired) electrons. The Hall–Kier alpha value is -1.14. The summed E-state index contributed by atoms with van der Waals surface area (Å²) in [5, 5.41) is 0. The van der Waals surface area contributed by atoms with Gasteiger partial charge in [0.25, 0.3) is 9.05 Å². The summed E-state index contributed by atoms with van der Waals surface area (Å²) in [6.07, 6.45) is -0.352. The van der Waals surface area contributed by atoms with Crippen LogP contribution in [-0.4, -0.2) is 21.5 Å². The molecule has 0 fully saturated rings. The Labute approximate surface area is 96.4 Å². The van der Waals surface area contributed by atoms with Crippen molar-refractivity contribution in [2.75, 3.05) is 7.11 Å². The van der Waals surface area contributed by atoms with Gasteiger partial charge in [0.2, 0.25) is 0 Å². The first-order chi connectivity index (χ1) is 7.36. The van der Waals surface area contributed by atoms with Gasteiger partial charge in [0.1, 0.15) is 10.7 Å². The van der Waals surface area contributed by atoms with Crippen LogP contribution in [0.4, 0.5) is 4.39 Å². The molecule has 88 valence electrons. The van der Waals surface area contributed by atoms with Crippen LogP contribution in [-0.2, 0) is 25.0 Å². The van der Waals surface area contributed by atoms with Gasteiger partial charge in [0.15, 0.2) is 0 Å². The molecule has 0 aliphatic rings. The molecule has 0 saturated carbocycles. The molecule has 0 atom stereocenters. The molecule has 1 aromatic rings. The summed E-state index contributed by atoms with van der Waals surface area (Å²) in [5.41, 5.74) is -0.0261. The average Bonchev–Trinajstić information content (AvgIpc) is 2.15. The quantitative estimate of drug-likeness (QED) is 0.614. The molecule has 0 heterocycles. The minimum Gasteiger partial charge on any atom is -0.469 e. The molecule has 4 nitrogen and oxygen atoms in total. The molecule has 0 N–H and O–H groups in total. The van der Waals surface area contributed by atoms with E-state index in [1.807, 2.05) is 0 Å². The molecule has 0 aliphatic heterocycles. The van der Waals surface area contributed by atoms with Crippen LogP contribution in [0.3, 0.4) is 0 Å². The van der Waals surface area contributed by atoms with E-state index >= 15 is 0 Å². The van der Waals surface area contributed by atoms with Crippen molar-refractivity contribution in [2.45, 2.75) is 11.3 Å². The molecule has 1 aromatic carbocycles. The van der Waals surface area contributed by atoms with Gasteiger partial charge >= 0.3 is 5.97 Å². The van der Waals surface area contributed by atoms with Crippen molar-refractivity contribution in [1.29, 1.82) is 0 Å². The lowest BCUT2D eigenvalue weighted by Crippen LogP contribution is -2.09. The van der Waals surface area contributed by atoms with Gasteiger partial charge in [-0.3, -0.25) is 4.79 Å². The molecule has 0 aliphatic carbocycles. The molecule has 7 heteroatoms. The highest BCUT2D eigenvalue weighted by Crippen LogP contribution is 2.23. The Morgan fingerprint density at radius 3 is 2.62 bits per heavy atom. The number of methoxy groups -OCH3 is 1. The fourth-order valence-corrected chi connectivity index (χ4v) is 2.47. The highest BCUT2D eigenvalue weighted by molar-refractivity contribution is 8.13. The largest absolute Gasteiger partial charge is 0.469 e. The van der Waals surface area contributed by atoms with Crippen LogP contribution in [0.15, 0.2) is 23.1 Å². The summed E-state index contributed by atoms with van der Waals surface area (Å²) >= 11 is 0. The Balaban J connectivity index is 3.30. The van der Waals surface area contributed by atoms with Crippen molar-refractivity contribution in [1.82, 2.24) is 0 Å². The standard InChI is InChI=1S/C9H8ClFO4S/c1-15-8(12)5-6-3-2-4-7(11)9(6)16(10,13)14/h2-4H,5H2,1H3. The van der Waals surface area contributed by atoms with Crippen molar-refractivity contribution in [2.24, 2.45) is 0 Å². The van der Waals surface area contributed by atoms with E-state index in [-0.39, 0.29) is 12.0 Å². The zero-order valence-electron chi connectivity index (χ0n) is 8.24. The van der Waals surface area contributed by atoms with Crippen LogP contribution in [0.2, 0.25) is 0 Å². The lowest BCUT2D eigenvalue weighted by atomic mass is 10.1. The monoisotopic (exact) mass is 266 g/mol. The van der Waals surface area contributed by atoms with E-state index < -0.39 is 25.7 Å². The normalized spacial score (nSPS) is 11.2. The molecule has 1 rings (SSSR count). The van der Waals surface area contributed by atoms with Gasteiger partial charge in [0.05, 0.1) is 13.5 Å². The fraction of sp³-hybridized carbons (Fsp3) is 0.222. The zero-order chi connectivity index (χ0) is 12.3. The number of rotatable bonds is 3. The lowest BCUT2D eigenvalue weighted by molar-refractivity contribution is -0.139. The number of benzene rings is 1. The van der Waals surface area contributed by atoms with E-state index in [2.05, 4.69) is 4.74 Å². The minimum atomic E-state index is -4.23. The smallest absolute Gasteiger partial charge is 0.310 e. The second kappa shape index (κ2) is 4.80. The summed E-state index contributed by atoms with van der Waals surface area (Å²) in [5.74, 6) is -1.66. The molecule has 0 aromatic heterocycles.